The first-order chi connectivity index (χ1) is 12.6. The van der Waals surface area contributed by atoms with Crippen LogP contribution in [0, 0.1) is 0 Å². The third-order valence-electron chi connectivity index (χ3n) is 4.17. The molecule has 5 nitrogen and oxygen atoms in total. The van der Waals surface area contributed by atoms with E-state index in [-0.39, 0.29) is 25.0 Å². The summed E-state index contributed by atoms with van der Waals surface area (Å²) in [4.78, 5) is 13.7. The molecule has 5 heteroatoms. The Morgan fingerprint density at radius 1 is 1.08 bits per heavy atom. The van der Waals surface area contributed by atoms with Crippen LogP contribution in [0.25, 0.3) is 0 Å². The molecule has 26 heavy (non-hydrogen) atoms. The van der Waals surface area contributed by atoms with Gasteiger partial charge in [0, 0.05) is 19.1 Å². The summed E-state index contributed by atoms with van der Waals surface area (Å²) in [7, 11) is 1.39. The van der Waals surface area contributed by atoms with Gasteiger partial charge in [0.2, 0.25) is 0 Å². The van der Waals surface area contributed by atoms with Crippen LogP contribution in [0.2, 0.25) is 0 Å². The van der Waals surface area contributed by atoms with Crippen molar-refractivity contribution in [3.05, 3.63) is 66.2 Å². The van der Waals surface area contributed by atoms with Gasteiger partial charge in [-0.15, -0.1) is 0 Å². The topological polar surface area (TPSA) is 59.0 Å². The monoisotopic (exact) mass is 357 g/mol. The number of aliphatic hydroxyl groups is 1. The number of para-hydroxylation sites is 1. The Kier molecular flexibility index (Phi) is 8.12. The molecule has 0 aliphatic rings. The largest absolute Gasteiger partial charge is 0.491 e. The van der Waals surface area contributed by atoms with Crippen LogP contribution in [0.5, 0.6) is 5.75 Å². The Morgan fingerprint density at radius 3 is 2.31 bits per heavy atom. The molecular weight excluding hydrogens is 330 g/mol. The minimum Gasteiger partial charge on any atom is -0.491 e. The number of hydrogen-bond donors (Lipinski definition) is 1. The third kappa shape index (κ3) is 6.86. The number of aliphatic hydroxyl groups excluding tert-OH is 1. The molecule has 0 saturated carbocycles. The van der Waals surface area contributed by atoms with E-state index in [9.17, 15) is 9.90 Å². The number of benzene rings is 2. The predicted molar refractivity (Wildman–Crippen MR) is 101 cm³/mol. The first kappa shape index (κ1) is 19.9. The van der Waals surface area contributed by atoms with Crippen LogP contribution in [0.1, 0.15) is 18.9 Å². The van der Waals surface area contributed by atoms with E-state index in [1.54, 1.807) is 0 Å². The van der Waals surface area contributed by atoms with Gasteiger partial charge in [0.05, 0.1) is 13.5 Å². The van der Waals surface area contributed by atoms with Gasteiger partial charge in [0.15, 0.2) is 0 Å². The average Bonchev–Trinajstić information content (AvgIpc) is 2.67. The zero-order valence-electron chi connectivity index (χ0n) is 15.4. The van der Waals surface area contributed by atoms with Crippen molar-refractivity contribution in [2.24, 2.45) is 0 Å². The summed E-state index contributed by atoms with van der Waals surface area (Å²) in [6, 6.07) is 19.3. The van der Waals surface area contributed by atoms with Crippen LogP contribution in [-0.4, -0.2) is 48.4 Å². The fourth-order valence-electron chi connectivity index (χ4n) is 2.70. The van der Waals surface area contributed by atoms with Crippen LogP contribution in [-0.2, 0) is 16.1 Å². The number of hydrogen-bond acceptors (Lipinski definition) is 5. The van der Waals surface area contributed by atoms with E-state index < -0.39 is 6.10 Å². The maximum absolute atomic E-state index is 11.6. The summed E-state index contributed by atoms with van der Waals surface area (Å²) < 4.78 is 10.4. The molecule has 0 aromatic heterocycles. The zero-order chi connectivity index (χ0) is 18.8. The van der Waals surface area contributed by atoms with Crippen molar-refractivity contribution >= 4 is 5.97 Å². The van der Waals surface area contributed by atoms with E-state index in [1.807, 2.05) is 67.6 Å². The zero-order valence-corrected chi connectivity index (χ0v) is 15.4. The summed E-state index contributed by atoms with van der Waals surface area (Å²) >= 11 is 0. The number of nitrogens with zero attached hydrogens (tertiary/aromatic N) is 1. The standard InChI is InChI=1S/C21H27NO4/c1-17(13-21(24)25-2)22(14-18-9-5-3-6-10-18)15-19(23)16-26-20-11-7-4-8-12-20/h3-12,17,19,23H,13-16H2,1-2H3/t17-,19-/m0/s1. The van der Waals surface area contributed by atoms with Crippen molar-refractivity contribution in [1.29, 1.82) is 0 Å². The van der Waals surface area contributed by atoms with Gasteiger partial charge in [-0.3, -0.25) is 9.69 Å². The van der Waals surface area contributed by atoms with E-state index >= 15 is 0 Å². The van der Waals surface area contributed by atoms with E-state index in [1.165, 1.54) is 7.11 Å². The molecule has 0 heterocycles. The molecule has 0 spiro atoms. The summed E-state index contributed by atoms with van der Waals surface area (Å²) in [6.45, 7) is 3.20. The highest BCUT2D eigenvalue weighted by Crippen LogP contribution is 2.14. The Hall–Kier alpha value is -2.37. The van der Waals surface area contributed by atoms with E-state index in [2.05, 4.69) is 4.90 Å². The summed E-state index contributed by atoms with van der Waals surface area (Å²) in [5, 5.41) is 10.4. The summed E-state index contributed by atoms with van der Waals surface area (Å²) in [5.74, 6) is 0.467. The molecule has 2 aromatic rings. The number of ether oxygens (including phenoxy) is 2. The molecule has 2 rings (SSSR count). The quantitative estimate of drug-likeness (QED) is 0.663. The summed E-state index contributed by atoms with van der Waals surface area (Å²) in [5.41, 5.74) is 1.13. The molecule has 0 aliphatic carbocycles. The summed E-state index contributed by atoms with van der Waals surface area (Å²) in [6.07, 6.45) is -0.394. The van der Waals surface area contributed by atoms with E-state index in [4.69, 9.17) is 9.47 Å². The SMILES string of the molecule is COC(=O)C[C@H](C)N(Cc1ccccc1)C[C@H](O)COc1ccccc1. The van der Waals surface area contributed by atoms with Crippen LogP contribution in [0.4, 0.5) is 0 Å². The molecule has 1 N–H and O–H groups in total. The van der Waals surface area contributed by atoms with Crippen molar-refractivity contribution in [2.75, 3.05) is 20.3 Å². The second-order valence-corrected chi connectivity index (χ2v) is 6.32. The lowest BCUT2D eigenvalue weighted by Gasteiger charge is -2.30. The second kappa shape index (κ2) is 10.6. The fourth-order valence-corrected chi connectivity index (χ4v) is 2.70. The highest BCUT2D eigenvalue weighted by molar-refractivity contribution is 5.69. The van der Waals surface area contributed by atoms with Gasteiger partial charge in [-0.25, -0.2) is 0 Å². The van der Waals surface area contributed by atoms with Crippen LogP contribution < -0.4 is 4.74 Å². The average molecular weight is 357 g/mol. The van der Waals surface area contributed by atoms with E-state index in [0.717, 1.165) is 11.3 Å². The van der Waals surface area contributed by atoms with Gasteiger partial charge in [0.1, 0.15) is 18.5 Å². The first-order valence-corrected chi connectivity index (χ1v) is 8.79. The van der Waals surface area contributed by atoms with Crippen molar-refractivity contribution < 1.29 is 19.4 Å². The predicted octanol–water partition coefficient (Wildman–Crippen LogP) is 2.88. The lowest BCUT2D eigenvalue weighted by atomic mass is 10.1. The second-order valence-electron chi connectivity index (χ2n) is 6.32. The van der Waals surface area contributed by atoms with Crippen LogP contribution >= 0.6 is 0 Å². The maximum Gasteiger partial charge on any atom is 0.307 e. The lowest BCUT2D eigenvalue weighted by molar-refractivity contribution is -0.142. The fraction of sp³-hybridized carbons (Fsp3) is 0.381. The third-order valence-corrected chi connectivity index (χ3v) is 4.17. The van der Waals surface area contributed by atoms with Gasteiger partial charge in [-0.05, 0) is 24.6 Å². The van der Waals surface area contributed by atoms with Gasteiger partial charge in [-0.2, -0.15) is 0 Å². The molecule has 0 saturated heterocycles. The molecule has 0 radical (unpaired) electrons. The van der Waals surface area contributed by atoms with Gasteiger partial charge in [0.25, 0.3) is 0 Å². The molecule has 0 aliphatic heterocycles. The number of carbonyl (C=O) groups excluding carboxylic acids is 1. The maximum atomic E-state index is 11.6. The molecule has 0 bridgehead atoms. The number of esters is 1. The highest BCUT2D eigenvalue weighted by atomic mass is 16.5. The molecule has 0 amide bonds. The van der Waals surface area contributed by atoms with Crippen molar-refractivity contribution in [2.45, 2.75) is 32.0 Å². The first-order valence-electron chi connectivity index (χ1n) is 8.79. The number of carbonyl (C=O) groups is 1. The van der Waals surface area contributed by atoms with Crippen LogP contribution in [0.3, 0.4) is 0 Å². The Morgan fingerprint density at radius 2 is 1.69 bits per heavy atom. The normalized spacial score (nSPS) is 13.2. The lowest BCUT2D eigenvalue weighted by Crippen LogP contribution is -2.41. The molecule has 0 fully saturated rings. The van der Waals surface area contributed by atoms with Gasteiger partial charge >= 0.3 is 5.97 Å². The van der Waals surface area contributed by atoms with Gasteiger partial charge in [-0.1, -0.05) is 48.5 Å². The van der Waals surface area contributed by atoms with E-state index in [0.29, 0.717) is 13.1 Å². The minimum atomic E-state index is -0.668. The smallest absolute Gasteiger partial charge is 0.307 e. The molecule has 2 aromatic carbocycles. The highest BCUT2D eigenvalue weighted by Gasteiger charge is 2.21. The number of rotatable bonds is 10. The van der Waals surface area contributed by atoms with Crippen LogP contribution in [0.15, 0.2) is 60.7 Å². The Labute approximate surface area is 155 Å². The Bertz CT molecular complexity index is 648. The van der Waals surface area contributed by atoms with Crippen molar-refractivity contribution in [3.63, 3.8) is 0 Å². The van der Waals surface area contributed by atoms with Gasteiger partial charge < -0.3 is 14.6 Å². The number of methoxy groups -OCH3 is 1. The molecule has 2 atom stereocenters. The Balaban J connectivity index is 1.96. The molecule has 140 valence electrons. The molecular formula is C21H27NO4. The minimum absolute atomic E-state index is 0.0611. The van der Waals surface area contributed by atoms with Crippen molar-refractivity contribution in [1.82, 2.24) is 4.90 Å². The molecule has 0 unspecified atom stereocenters. The van der Waals surface area contributed by atoms with Crippen molar-refractivity contribution in [3.8, 4) is 5.75 Å².